The van der Waals surface area contributed by atoms with Crippen LogP contribution in [-0.2, 0) is 0 Å². The van der Waals surface area contributed by atoms with Crippen molar-refractivity contribution < 1.29 is 4.79 Å². The van der Waals surface area contributed by atoms with Crippen LogP contribution in [0.25, 0.3) is 0 Å². The van der Waals surface area contributed by atoms with E-state index in [0.29, 0.717) is 5.56 Å². The van der Waals surface area contributed by atoms with Crippen LogP contribution < -0.4 is 4.90 Å². The third-order valence-corrected chi connectivity index (χ3v) is 4.17. The molecule has 1 amide bonds. The SMILES string of the molecule is Cc1ccc(N2CCN(C(=O)c3cccnc3)CC2)c(C)c1. The van der Waals surface area contributed by atoms with Gasteiger partial charge in [-0.15, -0.1) is 0 Å². The first-order chi connectivity index (χ1) is 10.6. The van der Waals surface area contributed by atoms with Crippen molar-refractivity contribution in [2.75, 3.05) is 31.1 Å². The molecule has 0 radical (unpaired) electrons. The van der Waals surface area contributed by atoms with Gasteiger partial charge in [0.05, 0.1) is 5.56 Å². The maximum Gasteiger partial charge on any atom is 0.255 e. The van der Waals surface area contributed by atoms with E-state index in [0.717, 1.165) is 26.2 Å². The number of carbonyl (C=O) groups is 1. The smallest absolute Gasteiger partial charge is 0.255 e. The molecule has 0 N–H and O–H groups in total. The lowest BCUT2D eigenvalue weighted by atomic mass is 10.1. The highest BCUT2D eigenvalue weighted by Crippen LogP contribution is 2.22. The van der Waals surface area contributed by atoms with Crippen molar-refractivity contribution in [2.45, 2.75) is 13.8 Å². The van der Waals surface area contributed by atoms with Crippen LogP contribution in [0.4, 0.5) is 5.69 Å². The summed E-state index contributed by atoms with van der Waals surface area (Å²) >= 11 is 0. The topological polar surface area (TPSA) is 36.4 Å². The Hall–Kier alpha value is -2.36. The second-order valence-corrected chi connectivity index (χ2v) is 5.81. The normalized spacial score (nSPS) is 15.0. The van der Waals surface area contributed by atoms with E-state index >= 15 is 0 Å². The standard InChI is InChI=1S/C18H21N3O/c1-14-5-6-17(15(2)12-14)20-8-10-21(11-9-20)18(22)16-4-3-7-19-13-16/h3-7,12-13H,8-11H2,1-2H3. The minimum absolute atomic E-state index is 0.0772. The van der Waals surface area contributed by atoms with Gasteiger partial charge in [0.25, 0.3) is 5.91 Å². The Kier molecular flexibility index (Phi) is 4.09. The van der Waals surface area contributed by atoms with Crippen LogP contribution in [0.5, 0.6) is 0 Å². The zero-order valence-electron chi connectivity index (χ0n) is 13.1. The first kappa shape index (κ1) is 14.6. The highest BCUT2D eigenvalue weighted by Gasteiger charge is 2.22. The van der Waals surface area contributed by atoms with Gasteiger partial charge in [-0.3, -0.25) is 9.78 Å². The van der Waals surface area contributed by atoms with Crippen LogP contribution in [-0.4, -0.2) is 42.0 Å². The van der Waals surface area contributed by atoms with Crippen molar-refractivity contribution in [3.05, 3.63) is 59.4 Å². The first-order valence-corrected chi connectivity index (χ1v) is 7.66. The quantitative estimate of drug-likeness (QED) is 0.854. The summed E-state index contributed by atoms with van der Waals surface area (Å²) in [6, 6.07) is 10.2. The third kappa shape index (κ3) is 2.96. The molecule has 0 saturated carbocycles. The van der Waals surface area contributed by atoms with Crippen molar-refractivity contribution in [1.29, 1.82) is 0 Å². The van der Waals surface area contributed by atoms with Gasteiger partial charge in [0.2, 0.25) is 0 Å². The van der Waals surface area contributed by atoms with E-state index in [9.17, 15) is 4.79 Å². The van der Waals surface area contributed by atoms with E-state index < -0.39 is 0 Å². The van der Waals surface area contributed by atoms with Crippen molar-refractivity contribution in [2.24, 2.45) is 0 Å². The van der Waals surface area contributed by atoms with Crippen LogP contribution in [0.1, 0.15) is 21.5 Å². The third-order valence-electron chi connectivity index (χ3n) is 4.17. The zero-order valence-corrected chi connectivity index (χ0v) is 13.1. The Bertz CT molecular complexity index is 661. The highest BCUT2D eigenvalue weighted by molar-refractivity contribution is 5.94. The Morgan fingerprint density at radius 3 is 2.50 bits per heavy atom. The van der Waals surface area contributed by atoms with Gasteiger partial charge in [0.15, 0.2) is 0 Å². The Balaban J connectivity index is 1.66. The minimum atomic E-state index is 0.0772. The van der Waals surface area contributed by atoms with E-state index in [4.69, 9.17) is 0 Å². The minimum Gasteiger partial charge on any atom is -0.368 e. The van der Waals surface area contributed by atoms with Gasteiger partial charge < -0.3 is 9.80 Å². The van der Waals surface area contributed by atoms with E-state index in [2.05, 4.69) is 41.9 Å². The molecule has 0 aliphatic carbocycles. The molecule has 1 aliphatic rings. The van der Waals surface area contributed by atoms with Gasteiger partial charge in [-0.2, -0.15) is 0 Å². The molecule has 1 saturated heterocycles. The summed E-state index contributed by atoms with van der Waals surface area (Å²) < 4.78 is 0. The molecule has 114 valence electrons. The Labute approximate surface area is 131 Å². The Morgan fingerprint density at radius 1 is 1.09 bits per heavy atom. The fraction of sp³-hybridized carbons (Fsp3) is 0.333. The van der Waals surface area contributed by atoms with Crippen LogP contribution in [0.2, 0.25) is 0 Å². The molecule has 2 heterocycles. The van der Waals surface area contributed by atoms with Gasteiger partial charge in [0, 0.05) is 44.3 Å². The lowest BCUT2D eigenvalue weighted by molar-refractivity contribution is 0.0746. The zero-order chi connectivity index (χ0) is 15.5. The monoisotopic (exact) mass is 295 g/mol. The van der Waals surface area contributed by atoms with Crippen LogP contribution >= 0.6 is 0 Å². The number of benzene rings is 1. The second kappa shape index (κ2) is 6.18. The summed E-state index contributed by atoms with van der Waals surface area (Å²) in [6.07, 6.45) is 3.33. The highest BCUT2D eigenvalue weighted by atomic mass is 16.2. The number of hydrogen-bond acceptors (Lipinski definition) is 3. The number of amides is 1. The number of aryl methyl sites for hydroxylation is 2. The summed E-state index contributed by atoms with van der Waals surface area (Å²) in [7, 11) is 0. The summed E-state index contributed by atoms with van der Waals surface area (Å²) in [5, 5.41) is 0. The Morgan fingerprint density at radius 2 is 1.86 bits per heavy atom. The number of rotatable bonds is 2. The number of nitrogens with zero attached hydrogens (tertiary/aromatic N) is 3. The molecule has 3 rings (SSSR count). The van der Waals surface area contributed by atoms with E-state index in [1.165, 1.54) is 16.8 Å². The molecule has 0 spiro atoms. The van der Waals surface area contributed by atoms with Gasteiger partial charge in [0.1, 0.15) is 0 Å². The van der Waals surface area contributed by atoms with Gasteiger partial charge in [-0.05, 0) is 37.6 Å². The molecule has 0 unspecified atom stereocenters. The molecule has 4 nitrogen and oxygen atoms in total. The molecule has 1 fully saturated rings. The molecule has 2 aromatic rings. The van der Waals surface area contributed by atoms with Gasteiger partial charge >= 0.3 is 0 Å². The first-order valence-electron chi connectivity index (χ1n) is 7.66. The van der Waals surface area contributed by atoms with Crippen molar-refractivity contribution in [3.63, 3.8) is 0 Å². The number of carbonyl (C=O) groups excluding carboxylic acids is 1. The maximum absolute atomic E-state index is 12.4. The number of hydrogen-bond donors (Lipinski definition) is 0. The molecule has 1 aliphatic heterocycles. The summed E-state index contributed by atoms with van der Waals surface area (Å²) in [6.45, 7) is 7.50. The predicted molar refractivity (Wildman–Crippen MR) is 88.3 cm³/mol. The molecule has 1 aromatic carbocycles. The molecular formula is C18H21N3O. The summed E-state index contributed by atoms with van der Waals surface area (Å²) in [4.78, 5) is 20.7. The lowest BCUT2D eigenvalue weighted by Gasteiger charge is -2.36. The van der Waals surface area contributed by atoms with Crippen molar-refractivity contribution >= 4 is 11.6 Å². The molecular weight excluding hydrogens is 274 g/mol. The molecule has 1 aromatic heterocycles. The largest absolute Gasteiger partial charge is 0.368 e. The van der Waals surface area contributed by atoms with Gasteiger partial charge in [-0.25, -0.2) is 0 Å². The number of aromatic nitrogens is 1. The van der Waals surface area contributed by atoms with E-state index in [-0.39, 0.29) is 5.91 Å². The predicted octanol–water partition coefficient (Wildman–Crippen LogP) is 2.66. The fourth-order valence-corrected chi connectivity index (χ4v) is 2.98. The summed E-state index contributed by atoms with van der Waals surface area (Å²) in [5.41, 5.74) is 4.53. The molecule has 4 heteroatoms. The molecule has 0 bridgehead atoms. The van der Waals surface area contributed by atoms with E-state index in [1.807, 2.05) is 11.0 Å². The number of anilines is 1. The number of piperazine rings is 1. The van der Waals surface area contributed by atoms with E-state index in [1.54, 1.807) is 18.5 Å². The second-order valence-electron chi connectivity index (χ2n) is 5.81. The average Bonchev–Trinajstić information content (AvgIpc) is 2.55. The molecule has 0 atom stereocenters. The summed E-state index contributed by atoms with van der Waals surface area (Å²) in [5.74, 6) is 0.0772. The van der Waals surface area contributed by atoms with Crippen molar-refractivity contribution in [1.82, 2.24) is 9.88 Å². The van der Waals surface area contributed by atoms with Crippen LogP contribution in [0, 0.1) is 13.8 Å². The fourth-order valence-electron chi connectivity index (χ4n) is 2.98. The van der Waals surface area contributed by atoms with Crippen LogP contribution in [0.3, 0.4) is 0 Å². The number of pyridine rings is 1. The van der Waals surface area contributed by atoms with Crippen molar-refractivity contribution in [3.8, 4) is 0 Å². The van der Waals surface area contributed by atoms with Gasteiger partial charge in [-0.1, -0.05) is 17.7 Å². The molecule has 22 heavy (non-hydrogen) atoms. The lowest BCUT2D eigenvalue weighted by Crippen LogP contribution is -2.49. The maximum atomic E-state index is 12.4. The average molecular weight is 295 g/mol. The van der Waals surface area contributed by atoms with Crippen LogP contribution in [0.15, 0.2) is 42.7 Å².